The molecule has 0 aromatic heterocycles. The standard InChI is InChI=1S/C7H17O6P/c1-4(10)7(13-14)12-6(3-9)5(11)2-8/h4-11H,2-3,14H2,1H3/t4-,5-,6?,7-/m0/s1. The molecule has 0 aliphatic heterocycles. The van der Waals surface area contributed by atoms with E-state index in [1.165, 1.54) is 6.92 Å². The van der Waals surface area contributed by atoms with Crippen LogP contribution in [0.1, 0.15) is 6.92 Å². The molecule has 2 unspecified atom stereocenters. The summed E-state index contributed by atoms with van der Waals surface area (Å²) in [6.45, 7) is 0.433. The Morgan fingerprint density at radius 1 is 1.21 bits per heavy atom. The van der Waals surface area contributed by atoms with Crippen molar-refractivity contribution >= 4 is 9.47 Å². The fraction of sp³-hybridized carbons (Fsp3) is 1.00. The summed E-state index contributed by atoms with van der Waals surface area (Å²) in [5.74, 6) is 0. The van der Waals surface area contributed by atoms with Gasteiger partial charge in [-0.25, -0.2) is 0 Å². The van der Waals surface area contributed by atoms with E-state index >= 15 is 0 Å². The number of ether oxygens (including phenoxy) is 1. The molecule has 0 heterocycles. The highest BCUT2D eigenvalue weighted by molar-refractivity contribution is 7.09. The minimum Gasteiger partial charge on any atom is -0.394 e. The van der Waals surface area contributed by atoms with Gasteiger partial charge in [0.05, 0.1) is 13.2 Å². The summed E-state index contributed by atoms with van der Waals surface area (Å²) in [5, 5.41) is 35.7. The van der Waals surface area contributed by atoms with E-state index in [0.717, 1.165) is 0 Å². The summed E-state index contributed by atoms with van der Waals surface area (Å²) >= 11 is 0. The maximum atomic E-state index is 9.16. The van der Waals surface area contributed by atoms with Crippen molar-refractivity contribution in [3.05, 3.63) is 0 Å². The molecule has 0 rings (SSSR count). The molecule has 0 aromatic carbocycles. The predicted molar refractivity (Wildman–Crippen MR) is 51.3 cm³/mol. The monoisotopic (exact) mass is 228 g/mol. The minimum atomic E-state index is -1.21. The molecule has 6 nitrogen and oxygen atoms in total. The van der Waals surface area contributed by atoms with E-state index in [1.807, 2.05) is 9.47 Å². The van der Waals surface area contributed by atoms with Crippen molar-refractivity contribution in [2.24, 2.45) is 0 Å². The molecule has 0 saturated heterocycles. The first-order valence-corrected chi connectivity index (χ1v) is 4.62. The molecule has 14 heavy (non-hydrogen) atoms. The van der Waals surface area contributed by atoms with Crippen LogP contribution in [0.4, 0.5) is 0 Å². The quantitative estimate of drug-likeness (QED) is 0.304. The molecule has 0 aliphatic carbocycles. The third-order valence-corrected chi connectivity index (χ3v) is 1.90. The minimum absolute atomic E-state index is 0.473. The van der Waals surface area contributed by atoms with Gasteiger partial charge in [0.25, 0.3) is 0 Å². The van der Waals surface area contributed by atoms with Gasteiger partial charge < -0.3 is 29.7 Å². The van der Waals surface area contributed by atoms with Crippen molar-refractivity contribution in [3.8, 4) is 0 Å². The Morgan fingerprint density at radius 3 is 2.07 bits per heavy atom. The lowest BCUT2D eigenvalue weighted by atomic mass is 10.2. The van der Waals surface area contributed by atoms with E-state index in [-0.39, 0.29) is 0 Å². The zero-order chi connectivity index (χ0) is 11.1. The summed E-state index contributed by atoms with van der Waals surface area (Å²) < 4.78 is 9.69. The molecule has 0 bridgehead atoms. The lowest BCUT2D eigenvalue weighted by Gasteiger charge is -2.26. The first kappa shape index (κ1) is 14.2. The molecule has 4 N–H and O–H groups in total. The van der Waals surface area contributed by atoms with Crippen molar-refractivity contribution in [2.75, 3.05) is 13.2 Å². The summed E-state index contributed by atoms with van der Waals surface area (Å²) in [4.78, 5) is 0. The van der Waals surface area contributed by atoms with Crippen molar-refractivity contribution < 1.29 is 29.7 Å². The van der Waals surface area contributed by atoms with Crippen LogP contribution < -0.4 is 0 Å². The summed E-state index contributed by atoms with van der Waals surface area (Å²) in [7, 11) is 1.91. The maximum absolute atomic E-state index is 9.16. The van der Waals surface area contributed by atoms with Crippen molar-refractivity contribution in [3.63, 3.8) is 0 Å². The Balaban J connectivity index is 4.13. The average molecular weight is 228 g/mol. The van der Waals surface area contributed by atoms with E-state index in [0.29, 0.717) is 0 Å². The second-order valence-corrected chi connectivity index (χ2v) is 3.12. The van der Waals surface area contributed by atoms with E-state index in [1.54, 1.807) is 0 Å². The molecule has 0 radical (unpaired) electrons. The van der Waals surface area contributed by atoms with Crippen LogP contribution in [0.3, 0.4) is 0 Å². The number of rotatable bonds is 7. The van der Waals surface area contributed by atoms with Crippen LogP contribution in [0, 0.1) is 0 Å². The molecule has 0 spiro atoms. The van der Waals surface area contributed by atoms with Gasteiger partial charge in [0.15, 0.2) is 6.29 Å². The molecular weight excluding hydrogens is 211 g/mol. The summed E-state index contributed by atoms with van der Waals surface area (Å²) in [6, 6.07) is 0. The second-order valence-electron chi connectivity index (χ2n) is 2.85. The highest BCUT2D eigenvalue weighted by Gasteiger charge is 2.25. The predicted octanol–water partition coefficient (Wildman–Crippen LogP) is -1.77. The number of aliphatic hydroxyl groups excluding tert-OH is 4. The van der Waals surface area contributed by atoms with Crippen molar-refractivity contribution in [1.82, 2.24) is 0 Å². The lowest BCUT2D eigenvalue weighted by Crippen LogP contribution is -2.41. The SMILES string of the molecule is C[C@H](O)[C@H](OP)OC(CO)[C@@H](O)CO. The van der Waals surface area contributed by atoms with E-state index in [2.05, 4.69) is 4.52 Å². The van der Waals surface area contributed by atoms with E-state index < -0.39 is 37.8 Å². The smallest absolute Gasteiger partial charge is 0.186 e. The third-order valence-electron chi connectivity index (χ3n) is 1.63. The van der Waals surface area contributed by atoms with Crippen LogP contribution in [-0.4, -0.2) is 58.2 Å². The molecule has 7 heteroatoms. The van der Waals surface area contributed by atoms with Crippen LogP contribution in [0.25, 0.3) is 0 Å². The van der Waals surface area contributed by atoms with Crippen LogP contribution in [0.15, 0.2) is 0 Å². The topological polar surface area (TPSA) is 99.4 Å². The normalized spacial score (nSPS) is 20.1. The fourth-order valence-electron chi connectivity index (χ4n) is 0.805. The molecule has 0 fully saturated rings. The molecule has 0 saturated carbocycles. The molecular formula is C7H17O6P. The Kier molecular flexibility index (Phi) is 7.58. The van der Waals surface area contributed by atoms with Gasteiger partial charge in [-0.1, -0.05) is 0 Å². The molecule has 86 valence electrons. The Morgan fingerprint density at radius 2 is 1.79 bits per heavy atom. The van der Waals surface area contributed by atoms with Gasteiger partial charge in [0.1, 0.15) is 18.3 Å². The first-order valence-electron chi connectivity index (χ1n) is 4.15. The number of hydrogen-bond donors (Lipinski definition) is 4. The van der Waals surface area contributed by atoms with E-state index in [4.69, 9.17) is 25.2 Å². The largest absolute Gasteiger partial charge is 0.394 e. The number of aliphatic hydroxyl groups is 4. The second kappa shape index (κ2) is 7.48. The lowest BCUT2D eigenvalue weighted by molar-refractivity contribution is -0.197. The van der Waals surface area contributed by atoms with Crippen molar-refractivity contribution in [1.29, 1.82) is 0 Å². The number of hydrogen-bond acceptors (Lipinski definition) is 6. The Hall–Kier alpha value is 0.190. The zero-order valence-electron chi connectivity index (χ0n) is 7.91. The summed E-state index contributed by atoms with van der Waals surface area (Å²) in [5.41, 5.74) is 0. The highest BCUT2D eigenvalue weighted by Crippen LogP contribution is 2.11. The van der Waals surface area contributed by atoms with Gasteiger partial charge in [-0.3, -0.25) is 0 Å². The van der Waals surface area contributed by atoms with Gasteiger partial charge in [-0.05, 0) is 6.92 Å². The van der Waals surface area contributed by atoms with Crippen LogP contribution in [0.2, 0.25) is 0 Å². The fourth-order valence-corrected chi connectivity index (χ4v) is 1.10. The van der Waals surface area contributed by atoms with Crippen LogP contribution >= 0.6 is 9.47 Å². The third kappa shape index (κ3) is 4.61. The van der Waals surface area contributed by atoms with E-state index in [9.17, 15) is 0 Å². The zero-order valence-corrected chi connectivity index (χ0v) is 9.06. The first-order chi connectivity index (χ1) is 6.56. The Labute approximate surface area is 84.7 Å². The summed E-state index contributed by atoms with van der Waals surface area (Å²) in [6.07, 6.45) is -4.08. The Bertz CT molecular complexity index is 144. The molecule has 0 aromatic rings. The molecule has 0 amide bonds. The van der Waals surface area contributed by atoms with Gasteiger partial charge in [0.2, 0.25) is 0 Å². The van der Waals surface area contributed by atoms with Gasteiger partial charge in [0, 0.05) is 9.47 Å². The highest BCUT2D eigenvalue weighted by atomic mass is 31.0. The molecule has 5 atom stereocenters. The van der Waals surface area contributed by atoms with Gasteiger partial charge >= 0.3 is 0 Å². The van der Waals surface area contributed by atoms with Crippen LogP contribution in [0.5, 0.6) is 0 Å². The average Bonchev–Trinajstić information content (AvgIpc) is 2.18. The van der Waals surface area contributed by atoms with Gasteiger partial charge in [-0.15, -0.1) is 0 Å². The maximum Gasteiger partial charge on any atom is 0.186 e. The van der Waals surface area contributed by atoms with Gasteiger partial charge in [-0.2, -0.15) is 0 Å². The van der Waals surface area contributed by atoms with Crippen LogP contribution in [-0.2, 0) is 9.26 Å². The molecule has 0 aliphatic rings. The van der Waals surface area contributed by atoms with Crippen molar-refractivity contribution in [2.45, 2.75) is 31.5 Å².